The topological polar surface area (TPSA) is 53.7 Å². The maximum absolute atomic E-state index is 12.0. The van der Waals surface area contributed by atoms with Crippen molar-refractivity contribution in [3.05, 3.63) is 0 Å². The van der Waals surface area contributed by atoms with Gasteiger partial charge in [-0.15, -0.1) is 0 Å². The van der Waals surface area contributed by atoms with E-state index in [1.54, 1.807) is 0 Å². The summed E-state index contributed by atoms with van der Waals surface area (Å²) in [6.07, 6.45) is -3.86. The molecule has 2 rings (SSSR count). The largest absolute Gasteiger partial charge is 0.391 e. The lowest BCUT2D eigenvalue weighted by molar-refractivity contribution is -0.209. The zero-order chi connectivity index (χ0) is 13.2. The van der Waals surface area contributed by atoms with Crippen LogP contribution in [-0.2, 0) is 14.2 Å². The summed E-state index contributed by atoms with van der Waals surface area (Å²) in [5.41, 5.74) is 5.86. The third kappa shape index (κ3) is 3.57. The first kappa shape index (κ1) is 14.0. The average Bonchev–Trinajstić information content (AvgIpc) is 2.71. The highest BCUT2D eigenvalue weighted by molar-refractivity contribution is 4.90. The minimum atomic E-state index is -4.20. The number of halogens is 3. The van der Waals surface area contributed by atoms with Gasteiger partial charge in [-0.25, -0.2) is 0 Å². The molecule has 2 aliphatic rings. The Labute approximate surface area is 104 Å². The minimum absolute atomic E-state index is 0.253. The molecule has 2 fully saturated rings. The van der Waals surface area contributed by atoms with Crippen LogP contribution in [-0.4, -0.2) is 43.9 Å². The molecule has 1 saturated heterocycles. The summed E-state index contributed by atoms with van der Waals surface area (Å²) in [4.78, 5) is 0. The minimum Gasteiger partial charge on any atom is -0.376 e. The molecule has 1 saturated carbocycles. The second-order valence-electron chi connectivity index (χ2n) is 4.79. The van der Waals surface area contributed by atoms with Crippen molar-refractivity contribution in [1.29, 1.82) is 0 Å². The van der Waals surface area contributed by atoms with Gasteiger partial charge in [-0.05, 0) is 6.42 Å². The number of hydrogen-bond acceptors (Lipinski definition) is 4. The molecule has 106 valence electrons. The van der Waals surface area contributed by atoms with Crippen molar-refractivity contribution in [2.45, 2.75) is 49.8 Å². The summed E-state index contributed by atoms with van der Waals surface area (Å²) in [5.74, 6) is -0.682. The van der Waals surface area contributed by atoms with Crippen LogP contribution < -0.4 is 5.73 Å². The van der Waals surface area contributed by atoms with E-state index >= 15 is 0 Å². The van der Waals surface area contributed by atoms with Crippen molar-refractivity contribution in [3.8, 4) is 0 Å². The number of hydrogen-bond donors (Lipinski definition) is 1. The van der Waals surface area contributed by atoms with Crippen LogP contribution in [0.4, 0.5) is 13.2 Å². The Balaban J connectivity index is 1.82. The van der Waals surface area contributed by atoms with Crippen LogP contribution in [0.2, 0.25) is 0 Å². The maximum atomic E-state index is 12.0. The van der Waals surface area contributed by atoms with Crippen LogP contribution in [0, 0.1) is 0 Å². The smallest absolute Gasteiger partial charge is 0.376 e. The van der Waals surface area contributed by atoms with Gasteiger partial charge in [-0.2, -0.15) is 13.2 Å². The van der Waals surface area contributed by atoms with Gasteiger partial charge in [0.25, 0.3) is 0 Å². The van der Waals surface area contributed by atoms with Gasteiger partial charge >= 0.3 is 6.18 Å². The molecule has 0 bridgehead atoms. The molecule has 2 atom stereocenters. The Kier molecular flexibility index (Phi) is 4.15. The molecule has 1 aliphatic heterocycles. The molecule has 0 amide bonds. The Morgan fingerprint density at radius 2 is 1.94 bits per heavy atom. The third-order valence-electron chi connectivity index (χ3n) is 3.38. The van der Waals surface area contributed by atoms with E-state index in [1.165, 1.54) is 0 Å². The molecule has 0 radical (unpaired) electrons. The summed E-state index contributed by atoms with van der Waals surface area (Å²) in [7, 11) is 0. The van der Waals surface area contributed by atoms with Crippen molar-refractivity contribution >= 4 is 0 Å². The van der Waals surface area contributed by atoms with Crippen molar-refractivity contribution in [1.82, 2.24) is 0 Å². The van der Waals surface area contributed by atoms with Crippen LogP contribution in [0.25, 0.3) is 0 Å². The van der Waals surface area contributed by atoms with Crippen LogP contribution in [0.3, 0.4) is 0 Å². The van der Waals surface area contributed by atoms with Crippen molar-refractivity contribution in [3.63, 3.8) is 0 Å². The van der Waals surface area contributed by atoms with E-state index in [-0.39, 0.29) is 12.6 Å². The standard InChI is InChI=1S/C11H18F3NO3/c12-11(13,14)3-4-16-9-7-10(2-1-8(9)15)17-5-6-18-10/h8-9H,1-7,15H2. The highest BCUT2D eigenvalue weighted by Crippen LogP contribution is 2.36. The van der Waals surface area contributed by atoms with Crippen LogP contribution in [0.1, 0.15) is 25.7 Å². The third-order valence-corrected chi connectivity index (χ3v) is 3.38. The highest BCUT2D eigenvalue weighted by atomic mass is 19.4. The molecule has 4 nitrogen and oxygen atoms in total. The summed E-state index contributed by atoms with van der Waals surface area (Å²) < 4.78 is 52.4. The Hall–Kier alpha value is -0.370. The van der Waals surface area contributed by atoms with Gasteiger partial charge in [0.05, 0.1) is 32.3 Å². The fourth-order valence-electron chi connectivity index (χ4n) is 2.40. The molecule has 2 N–H and O–H groups in total. The zero-order valence-electron chi connectivity index (χ0n) is 10.0. The zero-order valence-corrected chi connectivity index (χ0v) is 10.0. The molecule has 1 spiro atoms. The van der Waals surface area contributed by atoms with E-state index in [9.17, 15) is 13.2 Å². The lowest BCUT2D eigenvalue weighted by atomic mass is 9.88. The molecule has 1 aliphatic carbocycles. The monoisotopic (exact) mass is 269 g/mol. The molecule has 0 aromatic carbocycles. The van der Waals surface area contributed by atoms with E-state index in [2.05, 4.69) is 0 Å². The second kappa shape index (κ2) is 5.32. The van der Waals surface area contributed by atoms with Gasteiger partial charge < -0.3 is 19.9 Å². The molecule has 2 unspecified atom stereocenters. The van der Waals surface area contributed by atoms with Gasteiger partial charge in [0.1, 0.15) is 0 Å². The lowest BCUT2D eigenvalue weighted by Crippen LogP contribution is -2.50. The summed E-state index contributed by atoms with van der Waals surface area (Å²) in [6.45, 7) is 0.674. The Morgan fingerprint density at radius 3 is 2.56 bits per heavy atom. The number of ether oxygens (including phenoxy) is 3. The molecule has 0 aromatic heterocycles. The van der Waals surface area contributed by atoms with E-state index < -0.39 is 24.5 Å². The molecule has 18 heavy (non-hydrogen) atoms. The van der Waals surface area contributed by atoms with Gasteiger partial charge in [0.15, 0.2) is 5.79 Å². The molecule has 7 heteroatoms. The van der Waals surface area contributed by atoms with Gasteiger partial charge in [0.2, 0.25) is 0 Å². The fourth-order valence-corrected chi connectivity index (χ4v) is 2.40. The number of alkyl halides is 3. The quantitative estimate of drug-likeness (QED) is 0.845. The predicted octanol–water partition coefficient (Wildman–Crippen LogP) is 1.58. The van der Waals surface area contributed by atoms with Gasteiger partial charge in [-0.3, -0.25) is 0 Å². The van der Waals surface area contributed by atoms with Crippen molar-refractivity contribution < 1.29 is 27.4 Å². The average molecular weight is 269 g/mol. The number of rotatable bonds is 3. The summed E-state index contributed by atoms with van der Waals surface area (Å²) in [6, 6.07) is -0.253. The molecule has 0 aromatic rings. The van der Waals surface area contributed by atoms with Gasteiger partial charge in [0, 0.05) is 18.9 Å². The normalized spacial score (nSPS) is 32.0. The fraction of sp³-hybridized carbons (Fsp3) is 1.00. The molecular formula is C11H18F3NO3. The Morgan fingerprint density at radius 1 is 1.28 bits per heavy atom. The maximum Gasteiger partial charge on any atom is 0.391 e. The SMILES string of the molecule is NC1CCC2(CC1OCCC(F)(F)F)OCCO2. The van der Waals surface area contributed by atoms with Crippen molar-refractivity contribution in [2.24, 2.45) is 5.73 Å². The predicted molar refractivity (Wildman–Crippen MR) is 56.9 cm³/mol. The first-order valence-electron chi connectivity index (χ1n) is 6.12. The molecule has 1 heterocycles. The molecular weight excluding hydrogens is 251 g/mol. The Bertz CT molecular complexity index is 279. The van der Waals surface area contributed by atoms with Crippen LogP contribution >= 0.6 is 0 Å². The second-order valence-corrected chi connectivity index (χ2v) is 4.79. The first-order valence-corrected chi connectivity index (χ1v) is 6.12. The van der Waals surface area contributed by atoms with Gasteiger partial charge in [-0.1, -0.05) is 0 Å². The lowest BCUT2D eigenvalue weighted by Gasteiger charge is -2.39. The van der Waals surface area contributed by atoms with Crippen molar-refractivity contribution in [2.75, 3.05) is 19.8 Å². The van der Waals surface area contributed by atoms with Crippen LogP contribution in [0.5, 0.6) is 0 Å². The van der Waals surface area contributed by atoms with E-state index in [1.807, 2.05) is 0 Å². The van der Waals surface area contributed by atoms with Crippen LogP contribution in [0.15, 0.2) is 0 Å². The van der Waals surface area contributed by atoms with E-state index in [4.69, 9.17) is 19.9 Å². The number of nitrogens with two attached hydrogens (primary N) is 1. The van der Waals surface area contributed by atoms with E-state index in [0.717, 1.165) is 0 Å². The summed E-state index contributed by atoms with van der Waals surface area (Å²) >= 11 is 0. The first-order chi connectivity index (χ1) is 8.40. The van der Waals surface area contributed by atoms with E-state index in [0.29, 0.717) is 32.5 Å². The summed E-state index contributed by atoms with van der Waals surface area (Å²) in [5, 5.41) is 0. The highest BCUT2D eigenvalue weighted by Gasteiger charge is 2.44.